The molecule has 2 N–H and O–H groups in total. The first-order chi connectivity index (χ1) is 9.43. The summed E-state index contributed by atoms with van der Waals surface area (Å²) in [4.78, 5) is 23.4. The van der Waals surface area contributed by atoms with Crippen molar-refractivity contribution in [3.05, 3.63) is 45.3 Å². The van der Waals surface area contributed by atoms with Crippen molar-refractivity contribution < 1.29 is 18.7 Å². The van der Waals surface area contributed by atoms with Crippen LogP contribution in [0.15, 0.2) is 33.9 Å². The second-order valence-electron chi connectivity index (χ2n) is 4.24. The highest BCUT2D eigenvalue weighted by Crippen LogP contribution is 2.29. The van der Waals surface area contributed by atoms with Gasteiger partial charge in [-0.2, -0.15) is 0 Å². The lowest BCUT2D eigenvalue weighted by atomic mass is 9.95. The van der Waals surface area contributed by atoms with E-state index < -0.39 is 23.9 Å². The van der Waals surface area contributed by atoms with Crippen LogP contribution in [0.4, 0.5) is 9.18 Å². The molecule has 0 aromatic heterocycles. The molecule has 0 spiro atoms. The monoisotopic (exact) mass is 342 g/mol. The lowest BCUT2D eigenvalue weighted by Gasteiger charge is -2.27. The van der Waals surface area contributed by atoms with Gasteiger partial charge in [0.2, 0.25) is 0 Å². The smallest absolute Gasteiger partial charge is 0.337 e. The number of amides is 2. The molecule has 1 aliphatic rings. The summed E-state index contributed by atoms with van der Waals surface area (Å²) in [5.74, 6) is -0.977. The van der Waals surface area contributed by atoms with Crippen molar-refractivity contribution in [2.45, 2.75) is 13.0 Å². The minimum Gasteiger partial charge on any atom is -0.466 e. The number of nitrogens with one attached hydrogen (secondary N) is 2. The van der Waals surface area contributed by atoms with Gasteiger partial charge >= 0.3 is 12.0 Å². The molecule has 0 fully saturated rings. The van der Waals surface area contributed by atoms with Gasteiger partial charge in [0.1, 0.15) is 5.82 Å². The van der Waals surface area contributed by atoms with E-state index in [0.717, 1.165) is 0 Å². The first-order valence-corrected chi connectivity index (χ1v) is 6.55. The number of urea groups is 1. The second kappa shape index (κ2) is 5.62. The van der Waals surface area contributed by atoms with Crippen LogP contribution in [0.2, 0.25) is 0 Å². The third-order valence-electron chi connectivity index (χ3n) is 2.95. The summed E-state index contributed by atoms with van der Waals surface area (Å²) in [6.07, 6.45) is 0. The highest BCUT2D eigenvalue weighted by Gasteiger charge is 2.32. The number of ether oxygens (including phenoxy) is 1. The SMILES string of the molecule is COC(=O)C1=C(C)NC(=O)NC1c1ccc(F)c(Br)c1. The number of benzene rings is 1. The third-order valence-corrected chi connectivity index (χ3v) is 3.56. The van der Waals surface area contributed by atoms with Gasteiger partial charge < -0.3 is 15.4 Å². The molecule has 2 amide bonds. The largest absolute Gasteiger partial charge is 0.466 e. The molecular weight excluding hydrogens is 331 g/mol. The lowest BCUT2D eigenvalue weighted by Crippen LogP contribution is -2.45. The molecule has 1 aliphatic heterocycles. The molecule has 0 saturated heterocycles. The summed E-state index contributed by atoms with van der Waals surface area (Å²) >= 11 is 3.08. The van der Waals surface area contributed by atoms with Gasteiger partial charge in [0, 0.05) is 5.70 Å². The van der Waals surface area contributed by atoms with Gasteiger partial charge in [-0.05, 0) is 40.5 Å². The predicted molar refractivity (Wildman–Crippen MR) is 73.2 cm³/mol. The van der Waals surface area contributed by atoms with E-state index in [-0.39, 0.29) is 10.0 Å². The Morgan fingerprint density at radius 2 is 2.15 bits per heavy atom. The molecule has 0 bridgehead atoms. The topological polar surface area (TPSA) is 67.4 Å². The number of allylic oxidation sites excluding steroid dienone is 1. The van der Waals surface area contributed by atoms with Crippen LogP contribution in [0.3, 0.4) is 0 Å². The number of carbonyl (C=O) groups excluding carboxylic acids is 2. The van der Waals surface area contributed by atoms with E-state index in [1.165, 1.54) is 25.3 Å². The average Bonchev–Trinajstić information content (AvgIpc) is 2.40. The minimum atomic E-state index is -0.687. The fourth-order valence-corrected chi connectivity index (χ4v) is 2.41. The van der Waals surface area contributed by atoms with Crippen molar-refractivity contribution in [3.63, 3.8) is 0 Å². The summed E-state index contributed by atoms with van der Waals surface area (Å²) in [6.45, 7) is 1.61. The average molecular weight is 343 g/mol. The van der Waals surface area contributed by atoms with E-state index in [4.69, 9.17) is 4.74 Å². The quantitative estimate of drug-likeness (QED) is 0.811. The van der Waals surface area contributed by atoms with Crippen LogP contribution >= 0.6 is 15.9 Å². The van der Waals surface area contributed by atoms with Gasteiger partial charge in [0.05, 0.1) is 23.2 Å². The molecule has 0 saturated carbocycles. The Morgan fingerprint density at radius 1 is 1.45 bits per heavy atom. The van der Waals surface area contributed by atoms with Crippen LogP contribution in [0, 0.1) is 5.82 Å². The molecule has 0 radical (unpaired) electrons. The molecule has 1 heterocycles. The van der Waals surface area contributed by atoms with Gasteiger partial charge in [-0.15, -0.1) is 0 Å². The van der Waals surface area contributed by atoms with Gasteiger partial charge in [0.15, 0.2) is 0 Å². The molecule has 1 aromatic carbocycles. The molecule has 2 rings (SSSR count). The van der Waals surface area contributed by atoms with E-state index in [1.54, 1.807) is 6.92 Å². The van der Waals surface area contributed by atoms with E-state index in [1.807, 2.05) is 0 Å². The van der Waals surface area contributed by atoms with Crippen molar-refractivity contribution >= 4 is 27.9 Å². The Morgan fingerprint density at radius 3 is 2.75 bits per heavy atom. The molecule has 20 heavy (non-hydrogen) atoms. The zero-order valence-electron chi connectivity index (χ0n) is 10.8. The van der Waals surface area contributed by atoms with E-state index in [2.05, 4.69) is 26.6 Å². The van der Waals surface area contributed by atoms with E-state index in [9.17, 15) is 14.0 Å². The number of hydrogen-bond acceptors (Lipinski definition) is 3. The normalized spacial score (nSPS) is 18.4. The summed E-state index contributed by atoms with van der Waals surface area (Å²) in [7, 11) is 1.26. The van der Waals surface area contributed by atoms with Crippen LogP contribution in [0.25, 0.3) is 0 Å². The number of esters is 1. The van der Waals surface area contributed by atoms with Crippen molar-refractivity contribution in [2.24, 2.45) is 0 Å². The Kier molecular flexibility index (Phi) is 4.08. The molecule has 0 aliphatic carbocycles. The Balaban J connectivity index is 2.50. The molecule has 106 valence electrons. The number of rotatable bonds is 2. The van der Waals surface area contributed by atoms with Crippen molar-refractivity contribution in [3.8, 4) is 0 Å². The van der Waals surface area contributed by atoms with Crippen molar-refractivity contribution in [1.29, 1.82) is 0 Å². The van der Waals surface area contributed by atoms with E-state index >= 15 is 0 Å². The predicted octanol–water partition coefficient (Wildman–Crippen LogP) is 2.39. The summed E-state index contributed by atoms with van der Waals surface area (Å²) in [6, 6.07) is 3.17. The van der Waals surface area contributed by atoms with Gasteiger partial charge in [-0.25, -0.2) is 14.0 Å². The van der Waals surface area contributed by atoms with Crippen LogP contribution in [-0.4, -0.2) is 19.1 Å². The van der Waals surface area contributed by atoms with Gasteiger partial charge in [-0.3, -0.25) is 0 Å². The standard InChI is InChI=1S/C13H12BrFN2O3/c1-6-10(12(18)20-2)11(17-13(19)16-6)7-3-4-9(15)8(14)5-7/h3-5,11H,1-2H3,(H2,16,17,19). The maximum absolute atomic E-state index is 13.3. The minimum absolute atomic E-state index is 0.254. The molecule has 1 unspecified atom stereocenters. The van der Waals surface area contributed by atoms with Gasteiger partial charge in [0.25, 0.3) is 0 Å². The molecule has 1 aromatic rings. The van der Waals surface area contributed by atoms with Crippen LogP contribution in [-0.2, 0) is 9.53 Å². The summed E-state index contributed by atoms with van der Waals surface area (Å²) in [5.41, 5.74) is 1.27. The molecule has 5 nitrogen and oxygen atoms in total. The number of halogens is 2. The van der Waals surface area contributed by atoms with E-state index in [0.29, 0.717) is 11.3 Å². The number of methoxy groups -OCH3 is 1. The first-order valence-electron chi connectivity index (χ1n) is 5.75. The number of carbonyl (C=O) groups is 2. The van der Waals surface area contributed by atoms with Gasteiger partial charge in [-0.1, -0.05) is 6.07 Å². The Labute approximate surface area is 123 Å². The highest BCUT2D eigenvalue weighted by atomic mass is 79.9. The molecule has 1 atom stereocenters. The molecule has 7 heteroatoms. The van der Waals surface area contributed by atoms with Crippen LogP contribution in [0.1, 0.15) is 18.5 Å². The Hall–Kier alpha value is -1.89. The Bertz CT molecular complexity index is 616. The van der Waals surface area contributed by atoms with Crippen molar-refractivity contribution in [2.75, 3.05) is 7.11 Å². The zero-order valence-corrected chi connectivity index (χ0v) is 12.4. The summed E-state index contributed by atoms with van der Waals surface area (Å²) < 4.78 is 18.3. The lowest BCUT2D eigenvalue weighted by molar-refractivity contribution is -0.136. The number of hydrogen-bond donors (Lipinski definition) is 2. The zero-order chi connectivity index (χ0) is 14.9. The van der Waals surface area contributed by atoms with Crippen LogP contribution in [0.5, 0.6) is 0 Å². The maximum Gasteiger partial charge on any atom is 0.337 e. The molecular formula is C13H12BrFN2O3. The second-order valence-corrected chi connectivity index (χ2v) is 5.09. The maximum atomic E-state index is 13.3. The third kappa shape index (κ3) is 2.67. The fraction of sp³-hybridized carbons (Fsp3) is 0.231. The first kappa shape index (κ1) is 14.5. The highest BCUT2D eigenvalue weighted by molar-refractivity contribution is 9.10. The fourth-order valence-electron chi connectivity index (χ4n) is 2.02. The van der Waals surface area contributed by atoms with Crippen LogP contribution < -0.4 is 10.6 Å². The summed E-state index contributed by atoms with van der Waals surface area (Å²) in [5, 5.41) is 5.14. The van der Waals surface area contributed by atoms with Crippen molar-refractivity contribution in [1.82, 2.24) is 10.6 Å².